The second-order valence-electron chi connectivity index (χ2n) is 24.3. The number of aryl methyl sites for hydroxylation is 5. The third-order valence-electron chi connectivity index (χ3n) is 18.5. The molecule has 11 nitrogen and oxygen atoms in total. The minimum absolute atomic E-state index is 0.232. The predicted molar refractivity (Wildman–Crippen MR) is 392 cm³/mol. The Bertz CT molecular complexity index is 4040. The molecule has 0 fully saturated rings. The molecule has 0 N–H and O–H groups in total. The first-order valence-electron chi connectivity index (χ1n) is 32.2. The Balaban J connectivity index is 0.000000119. The van der Waals surface area contributed by atoms with Gasteiger partial charge < -0.3 is 49.0 Å². The van der Waals surface area contributed by atoms with Crippen LogP contribution in [-0.2, 0) is 0 Å². The maximum Gasteiger partial charge on any atom is 0.153 e. The Kier molecular flexibility index (Phi) is 19.4. The Hall–Kier alpha value is -10.4. The van der Waals surface area contributed by atoms with Gasteiger partial charge in [0.2, 0.25) is 0 Å². The highest BCUT2D eigenvalue weighted by molar-refractivity contribution is 5.89. The van der Waals surface area contributed by atoms with Crippen LogP contribution < -0.4 is 44.1 Å². The van der Waals surface area contributed by atoms with Gasteiger partial charge in [-0.3, -0.25) is 0 Å². The first kappa shape index (κ1) is 63.2. The van der Waals surface area contributed by atoms with Crippen LogP contribution in [0.1, 0.15) is 62.4 Å². The van der Waals surface area contributed by atoms with Crippen LogP contribution in [0.4, 0.5) is 74.1 Å². The molecule has 5 aliphatic heterocycles. The monoisotopic (exact) mass is 1220 g/mol. The molecule has 1 aromatic heterocycles. The van der Waals surface area contributed by atoms with Gasteiger partial charge in [0.15, 0.2) is 5.82 Å². The normalized spacial score (nSPS) is 18.1. The summed E-state index contributed by atoms with van der Waals surface area (Å²) in [6.45, 7) is 21.9. The molecule has 0 spiro atoms. The van der Waals surface area contributed by atoms with E-state index in [9.17, 15) is 0 Å². The molecule has 92 heavy (non-hydrogen) atoms. The van der Waals surface area contributed by atoms with Crippen LogP contribution in [0.3, 0.4) is 0 Å². The van der Waals surface area contributed by atoms with Crippen molar-refractivity contribution in [3.05, 3.63) is 301 Å². The van der Waals surface area contributed by atoms with Gasteiger partial charge in [0.1, 0.15) is 30.8 Å². The summed E-state index contributed by atoms with van der Waals surface area (Å²) in [6, 6.07) is 85.1. The summed E-state index contributed by atoms with van der Waals surface area (Å²) >= 11 is 0. The SMILES string of the molecule is Cc1ccccc1N1C=CN(C)[C@@H]1C.Cc1ccccc1N1C=CN(c2ccccc2)[C@@H]1C.Cc1ccccc1N1c2ccccc2N(C)[C@@H]1C.Cc1ccccc1N1c2ccccc2N(c2ccccc2)[C@@H]1C.Cc1ccccc1N1c2cccnc2N(C)[C@@H]1C. The number of rotatable bonds is 7. The largest absolute Gasteiger partial charge is 0.359 e. The summed E-state index contributed by atoms with van der Waals surface area (Å²) in [5.41, 5.74) is 21.6. The fraction of sp³-hybridized carbons (Fsp3) is 0.222. The number of fused-ring (bicyclic) bond motifs is 3. The zero-order chi connectivity index (χ0) is 64.6. The molecule has 6 heterocycles. The minimum atomic E-state index is 0.232. The number of pyridine rings is 1. The molecule has 0 unspecified atom stereocenters. The smallest absolute Gasteiger partial charge is 0.153 e. The number of aromatic nitrogens is 1. The van der Waals surface area contributed by atoms with E-state index in [1.807, 2.05) is 18.3 Å². The van der Waals surface area contributed by atoms with Crippen molar-refractivity contribution in [1.29, 1.82) is 0 Å². The Morgan fingerprint density at radius 3 is 1.03 bits per heavy atom. The van der Waals surface area contributed by atoms with E-state index in [1.165, 1.54) is 96.1 Å². The van der Waals surface area contributed by atoms with Crippen molar-refractivity contribution in [3.63, 3.8) is 0 Å². The highest BCUT2D eigenvalue weighted by atomic mass is 15.4. The molecule has 0 saturated heterocycles. The predicted octanol–water partition coefficient (Wildman–Crippen LogP) is 19.6. The molecule has 5 aliphatic rings. The Morgan fingerprint density at radius 1 is 0.250 bits per heavy atom. The number of para-hydroxylation sites is 11. The van der Waals surface area contributed by atoms with Crippen LogP contribution >= 0.6 is 0 Å². The number of anilines is 13. The molecule has 468 valence electrons. The highest BCUT2D eigenvalue weighted by Gasteiger charge is 2.36. The van der Waals surface area contributed by atoms with Crippen LogP contribution in [0.2, 0.25) is 0 Å². The van der Waals surface area contributed by atoms with Crippen LogP contribution in [0.25, 0.3) is 0 Å². The van der Waals surface area contributed by atoms with Crippen LogP contribution in [-0.4, -0.2) is 61.9 Å². The summed E-state index contributed by atoms with van der Waals surface area (Å²) < 4.78 is 0. The summed E-state index contributed by atoms with van der Waals surface area (Å²) in [5, 5.41) is 0. The topological polar surface area (TPSA) is 45.3 Å². The van der Waals surface area contributed by atoms with Crippen LogP contribution in [0.15, 0.2) is 274 Å². The molecule has 15 rings (SSSR count). The fourth-order valence-electron chi connectivity index (χ4n) is 13.1. The summed E-state index contributed by atoms with van der Waals surface area (Å²) in [6.07, 6.45) is 12.0. The fourth-order valence-corrected chi connectivity index (χ4v) is 13.1. The van der Waals surface area contributed by atoms with E-state index in [0.717, 1.165) is 5.82 Å². The van der Waals surface area contributed by atoms with E-state index in [1.54, 1.807) is 0 Å². The summed E-state index contributed by atoms with van der Waals surface area (Å²) in [4.78, 5) is 27.7. The van der Waals surface area contributed by atoms with Crippen molar-refractivity contribution >= 4 is 74.1 Å². The van der Waals surface area contributed by atoms with E-state index in [2.05, 4.69) is 400 Å². The summed E-state index contributed by atoms with van der Waals surface area (Å²) in [5.74, 6) is 1.05. The first-order valence-corrected chi connectivity index (χ1v) is 32.2. The number of hydrogen-bond acceptors (Lipinski definition) is 11. The quantitative estimate of drug-likeness (QED) is 0.153. The van der Waals surface area contributed by atoms with E-state index in [4.69, 9.17) is 0 Å². The van der Waals surface area contributed by atoms with E-state index in [0.29, 0.717) is 18.5 Å². The second kappa shape index (κ2) is 28.2. The molecule has 0 aliphatic carbocycles. The average Bonchev–Trinajstić information content (AvgIpc) is 1.62. The highest BCUT2D eigenvalue weighted by Crippen LogP contribution is 2.49. The van der Waals surface area contributed by atoms with Crippen molar-refractivity contribution < 1.29 is 0 Å². The van der Waals surface area contributed by atoms with Crippen molar-refractivity contribution in [2.45, 2.75) is 100 Å². The van der Waals surface area contributed by atoms with Gasteiger partial charge in [-0.15, -0.1) is 0 Å². The molecular formula is C81H89N11. The maximum atomic E-state index is 4.48. The van der Waals surface area contributed by atoms with E-state index < -0.39 is 0 Å². The molecule has 0 saturated carbocycles. The molecule has 0 amide bonds. The number of hydrogen-bond donors (Lipinski definition) is 0. The molecule has 0 radical (unpaired) electrons. The van der Waals surface area contributed by atoms with Gasteiger partial charge in [-0.05, 0) is 188 Å². The molecule has 10 aromatic rings. The third-order valence-corrected chi connectivity index (χ3v) is 18.5. The number of benzene rings is 9. The minimum Gasteiger partial charge on any atom is -0.359 e. The molecule has 0 bridgehead atoms. The van der Waals surface area contributed by atoms with Gasteiger partial charge in [-0.2, -0.15) is 0 Å². The molecule has 9 aromatic carbocycles. The van der Waals surface area contributed by atoms with Gasteiger partial charge in [0.05, 0.1) is 28.4 Å². The van der Waals surface area contributed by atoms with Crippen LogP contribution in [0.5, 0.6) is 0 Å². The van der Waals surface area contributed by atoms with Crippen molar-refractivity contribution in [2.24, 2.45) is 0 Å². The Morgan fingerprint density at radius 2 is 0.576 bits per heavy atom. The lowest BCUT2D eigenvalue weighted by molar-refractivity contribution is 0.383. The molecule has 5 atom stereocenters. The summed E-state index contributed by atoms with van der Waals surface area (Å²) in [7, 11) is 6.34. The molecular weight excluding hydrogens is 1130 g/mol. The van der Waals surface area contributed by atoms with Crippen molar-refractivity contribution in [2.75, 3.05) is 65.2 Å². The van der Waals surface area contributed by atoms with Gasteiger partial charge in [-0.1, -0.05) is 152 Å². The van der Waals surface area contributed by atoms with Crippen LogP contribution in [0, 0.1) is 34.6 Å². The first-order chi connectivity index (χ1) is 44.6. The van der Waals surface area contributed by atoms with Crippen molar-refractivity contribution in [1.82, 2.24) is 9.88 Å². The molecule has 11 heteroatoms. The average molecular weight is 1220 g/mol. The third kappa shape index (κ3) is 12.9. The van der Waals surface area contributed by atoms with Gasteiger partial charge in [-0.25, -0.2) is 4.98 Å². The van der Waals surface area contributed by atoms with Gasteiger partial charge in [0, 0.05) is 92.0 Å². The zero-order valence-corrected chi connectivity index (χ0v) is 55.8. The van der Waals surface area contributed by atoms with E-state index in [-0.39, 0.29) is 12.3 Å². The maximum absolute atomic E-state index is 4.48. The van der Waals surface area contributed by atoms with Crippen molar-refractivity contribution in [3.8, 4) is 0 Å². The van der Waals surface area contributed by atoms with Gasteiger partial charge >= 0.3 is 0 Å². The zero-order valence-electron chi connectivity index (χ0n) is 55.8. The second-order valence-corrected chi connectivity index (χ2v) is 24.3. The van der Waals surface area contributed by atoms with Gasteiger partial charge in [0.25, 0.3) is 0 Å². The standard InChI is InChI=1S/C21H20N2.C17H18N2.C16H18N2.C15H17N3.C12H16N2/c1-16-10-6-7-13-19(16)23-17(2)22(18-11-4-3-5-12-18)20-14-8-9-15-21(20)23;1-14-8-6-7-11-17(14)19-13-12-18(15(19)2)16-9-4-3-5-10-16;1-12-8-4-5-9-14(12)18-13(2)17(3)15-10-6-7-11-16(15)18;1-11-7-4-5-8-13(11)18-12(2)17(3)15-14(18)9-6-10-16-15;1-10-6-4-5-7-12(10)14-9-8-13(3)11(14)2/h3-15,17H,1-2H3;3-13,15H,1-2H3;4-11,13H,1-3H3;4-10,12H,1-3H3;4-9,11H,1-3H3/t17-;15-;13-;12-;11-/m00000/s1. The lowest BCUT2D eigenvalue weighted by atomic mass is 10.1. The lowest BCUT2D eigenvalue weighted by Crippen LogP contribution is -2.36. The number of nitrogens with zero attached hydrogens (tertiary/aromatic N) is 11. The Labute approximate surface area is 547 Å². The van der Waals surface area contributed by atoms with E-state index >= 15 is 0 Å². The lowest BCUT2D eigenvalue weighted by Gasteiger charge is -2.31.